The molecule has 1 aliphatic carbocycles. The van der Waals surface area contributed by atoms with Crippen molar-refractivity contribution >= 4 is 27.8 Å². The fourth-order valence-electron chi connectivity index (χ4n) is 2.12. The molecule has 1 amide bonds. The molecule has 1 aromatic carbocycles. The number of benzene rings is 1. The zero-order valence-corrected chi connectivity index (χ0v) is 13.3. The first-order chi connectivity index (χ1) is 9.51. The van der Waals surface area contributed by atoms with Gasteiger partial charge in [0.2, 0.25) is 0 Å². The summed E-state index contributed by atoms with van der Waals surface area (Å²) in [5.74, 6) is -0.454. The zero-order valence-electron chi connectivity index (χ0n) is 11.7. The molecule has 1 saturated carbocycles. The quantitative estimate of drug-likeness (QED) is 0.775. The van der Waals surface area contributed by atoms with E-state index >= 15 is 0 Å². The number of carbonyl (C=O) groups excluding carboxylic acids is 2. The number of ether oxygens (including phenoxy) is 1. The number of nitrogens with zero attached hydrogens (tertiary/aromatic N) is 1. The highest BCUT2D eigenvalue weighted by atomic mass is 79.9. The van der Waals surface area contributed by atoms with E-state index in [0.29, 0.717) is 12.2 Å². The molecule has 1 aliphatic rings. The second-order valence-electron chi connectivity index (χ2n) is 4.99. The van der Waals surface area contributed by atoms with Crippen molar-refractivity contribution in [2.24, 2.45) is 0 Å². The van der Waals surface area contributed by atoms with Gasteiger partial charge in [0.05, 0.1) is 6.61 Å². The molecule has 2 rings (SSSR count). The fourth-order valence-corrected chi connectivity index (χ4v) is 2.73. The summed E-state index contributed by atoms with van der Waals surface area (Å²) in [6.07, 6.45) is 1.91. The van der Waals surface area contributed by atoms with Crippen molar-refractivity contribution in [2.75, 3.05) is 13.2 Å². The summed E-state index contributed by atoms with van der Waals surface area (Å²) in [7, 11) is 0. The molecular weight excluding hydrogens is 322 g/mol. The lowest BCUT2D eigenvalue weighted by Gasteiger charge is -2.21. The van der Waals surface area contributed by atoms with E-state index in [9.17, 15) is 9.59 Å². The number of hydrogen-bond acceptors (Lipinski definition) is 3. The van der Waals surface area contributed by atoms with E-state index in [1.165, 1.54) is 0 Å². The molecule has 20 heavy (non-hydrogen) atoms. The van der Waals surface area contributed by atoms with Crippen molar-refractivity contribution in [1.29, 1.82) is 0 Å². The first-order valence-corrected chi connectivity index (χ1v) is 7.54. The molecule has 0 radical (unpaired) electrons. The number of carbonyl (C=O) groups is 2. The van der Waals surface area contributed by atoms with Crippen LogP contribution in [0.3, 0.4) is 0 Å². The van der Waals surface area contributed by atoms with E-state index in [2.05, 4.69) is 15.9 Å². The molecule has 4 nitrogen and oxygen atoms in total. The van der Waals surface area contributed by atoms with E-state index in [-0.39, 0.29) is 24.5 Å². The zero-order chi connectivity index (χ0) is 14.7. The van der Waals surface area contributed by atoms with Crippen LogP contribution in [0.15, 0.2) is 22.7 Å². The predicted molar refractivity (Wildman–Crippen MR) is 79.6 cm³/mol. The summed E-state index contributed by atoms with van der Waals surface area (Å²) in [6.45, 7) is 4.07. The molecular formula is C15H18BrNO3. The first kappa shape index (κ1) is 15.0. The van der Waals surface area contributed by atoms with Crippen molar-refractivity contribution in [3.63, 3.8) is 0 Å². The highest BCUT2D eigenvalue weighted by molar-refractivity contribution is 9.10. The van der Waals surface area contributed by atoms with Gasteiger partial charge < -0.3 is 9.64 Å². The number of aryl methyl sites for hydroxylation is 1. The smallest absolute Gasteiger partial charge is 0.325 e. The van der Waals surface area contributed by atoms with Crippen LogP contribution in [0.1, 0.15) is 35.7 Å². The standard InChI is InChI=1S/C15H18BrNO3/c1-3-20-14(18)9-17(13-4-5-13)15(19)11-6-10(2)7-12(16)8-11/h6-8,13H,3-5,9H2,1-2H3. The molecule has 0 aliphatic heterocycles. The van der Waals surface area contributed by atoms with Crippen LogP contribution in [0.25, 0.3) is 0 Å². The predicted octanol–water partition coefficient (Wildman–Crippen LogP) is 2.93. The third kappa shape index (κ3) is 3.82. The normalized spacial score (nSPS) is 13.9. The molecule has 0 N–H and O–H groups in total. The number of hydrogen-bond donors (Lipinski definition) is 0. The lowest BCUT2D eigenvalue weighted by Crippen LogP contribution is -2.38. The SMILES string of the molecule is CCOC(=O)CN(C(=O)c1cc(C)cc(Br)c1)C1CC1. The summed E-state index contributed by atoms with van der Waals surface area (Å²) in [4.78, 5) is 25.8. The topological polar surface area (TPSA) is 46.6 Å². The number of amides is 1. The Hall–Kier alpha value is -1.36. The van der Waals surface area contributed by atoms with Crippen LogP contribution in [0.5, 0.6) is 0 Å². The van der Waals surface area contributed by atoms with E-state index in [0.717, 1.165) is 22.9 Å². The maximum Gasteiger partial charge on any atom is 0.325 e. The molecule has 5 heteroatoms. The lowest BCUT2D eigenvalue weighted by molar-refractivity contribution is -0.144. The Labute approximate surface area is 127 Å². The van der Waals surface area contributed by atoms with Crippen LogP contribution in [-0.4, -0.2) is 36.0 Å². The van der Waals surface area contributed by atoms with Crippen molar-refractivity contribution in [3.05, 3.63) is 33.8 Å². The van der Waals surface area contributed by atoms with Gasteiger partial charge in [0.15, 0.2) is 0 Å². The van der Waals surface area contributed by atoms with Crippen LogP contribution in [0.4, 0.5) is 0 Å². The van der Waals surface area contributed by atoms with Crippen molar-refractivity contribution in [1.82, 2.24) is 4.90 Å². The van der Waals surface area contributed by atoms with Gasteiger partial charge in [-0.2, -0.15) is 0 Å². The van der Waals surface area contributed by atoms with Gasteiger partial charge in [0.25, 0.3) is 5.91 Å². The molecule has 0 unspecified atom stereocenters. The molecule has 0 atom stereocenters. The summed E-state index contributed by atoms with van der Waals surface area (Å²) < 4.78 is 5.81. The molecule has 1 fully saturated rings. The van der Waals surface area contributed by atoms with Gasteiger partial charge >= 0.3 is 5.97 Å². The average molecular weight is 340 g/mol. The second kappa shape index (κ2) is 6.39. The van der Waals surface area contributed by atoms with E-state index in [4.69, 9.17) is 4.74 Å². The second-order valence-corrected chi connectivity index (χ2v) is 5.90. The van der Waals surface area contributed by atoms with Crippen LogP contribution in [-0.2, 0) is 9.53 Å². The minimum Gasteiger partial charge on any atom is -0.465 e. The summed E-state index contributed by atoms with van der Waals surface area (Å²) >= 11 is 3.40. The largest absolute Gasteiger partial charge is 0.465 e. The van der Waals surface area contributed by atoms with Crippen molar-refractivity contribution in [3.8, 4) is 0 Å². The molecule has 0 spiro atoms. The van der Waals surface area contributed by atoms with Gasteiger partial charge in [-0.05, 0) is 50.5 Å². The Morgan fingerprint density at radius 1 is 1.35 bits per heavy atom. The molecule has 0 heterocycles. The Morgan fingerprint density at radius 2 is 2.05 bits per heavy atom. The Kier molecular flexibility index (Phi) is 4.81. The number of rotatable bonds is 5. The molecule has 0 saturated heterocycles. The lowest BCUT2D eigenvalue weighted by atomic mass is 10.1. The highest BCUT2D eigenvalue weighted by Gasteiger charge is 2.34. The van der Waals surface area contributed by atoms with Crippen LogP contribution < -0.4 is 0 Å². The van der Waals surface area contributed by atoms with Crippen molar-refractivity contribution < 1.29 is 14.3 Å². The third-order valence-corrected chi connectivity index (χ3v) is 3.60. The summed E-state index contributed by atoms with van der Waals surface area (Å²) in [5, 5.41) is 0. The van der Waals surface area contributed by atoms with Gasteiger partial charge in [0, 0.05) is 16.1 Å². The number of halogens is 1. The summed E-state index contributed by atoms with van der Waals surface area (Å²) in [6, 6.07) is 5.75. The Balaban J connectivity index is 2.16. The average Bonchev–Trinajstić information content (AvgIpc) is 3.18. The van der Waals surface area contributed by atoms with Crippen LogP contribution >= 0.6 is 15.9 Å². The first-order valence-electron chi connectivity index (χ1n) is 6.75. The monoisotopic (exact) mass is 339 g/mol. The molecule has 0 bridgehead atoms. The van der Waals surface area contributed by atoms with Gasteiger partial charge in [-0.25, -0.2) is 0 Å². The Bertz CT molecular complexity index is 506. The fraction of sp³-hybridized carbons (Fsp3) is 0.467. The molecule has 108 valence electrons. The molecule has 1 aromatic rings. The van der Waals surface area contributed by atoms with Gasteiger partial charge in [-0.1, -0.05) is 15.9 Å². The minimum absolute atomic E-state index is 0.0307. The number of esters is 1. The third-order valence-electron chi connectivity index (χ3n) is 3.14. The maximum absolute atomic E-state index is 12.6. The molecule has 0 aromatic heterocycles. The minimum atomic E-state index is -0.348. The highest BCUT2D eigenvalue weighted by Crippen LogP contribution is 2.29. The summed E-state index contributed by atoms with van der Waals surface area (Å²) in [5.41, 5.74) is 1.61. The van der Waals surface area contributed by atoms with Gasteiger partial charge in [-0.15, -0.1) is 0 Å². The van der Waals surface area contributed by atoms with Crippen LogP contribution in [0, 0.1) is 6.92 Å². The van der Waals surface area contributed by atoms with Gasteiger partial charge in [-0.3, -0.25) is 9.59 Å². The maximum atomic E-state index is 12.6. The van der Waals surface area contributed by atoms with E-state index in [1.807, 2.05) is 19.1 Å². The van der Waals surface area contributed by atoms with E-state index < -0.39 is 0 Å². The van der Waals surface area contributed by atoms with Crippen LogP contribution in [0.2, 0.25) is 0 Å². The van der Waals surface area contributed by atoms with Crippen molar-refractivity contribution in [2.45, 2.75) is 32.7 Å². The van der Waals surface area contributed by atoms with Gasteiger partial charge in [0.1, 0.15) is 6.54 Å². The Morgan fingerprint density at radius 3 is 2.60 bits per heavy atom. The van der Waals surface area contributed by atoms with E-state index in [1.54, 1.807) is 17.9 Å².